The van der Waals surface area contributed by atoms with Gasteiger partial charge in [0.05, 0.1) is 5.56 Å². The molecule has 98 valence electrons. The molecule has 2 rings (SSSR count). The molecule has 0 atom stereocenters. The first-order valence-electron chi connectivity index (χ1n) is 5.34. The van der Waals surface area contributed by atoms with Crippen LogP contribution in [0.25, 0.3) is 5.69 Å². The van der Waals surface area contributed by atoms with Crippen molar-refractivity contribution in [3.8, 4) is 5.69 Å². The van der Waals surface area contributed by atoms with E-state index >= 15 is 0 Å². The Labute approximate surface area is 107 Å². The molecule has 0 fully saturated rings. The summed E-state index contributed by atoms with van der Waals surface area (Å²) in [4.78, 5) is 22.4. The summed E-state index contributed by atoms with van der Waals surface area (Å²) in [7, 11) is 1.44. The van der Waals surface area contributed by atoms with E-state index in [4.69, 9.17) is 5.11 Å². The van der Waals surface area contributed by atoms with Gasteiger partial charge < -0.3 is 10.4 Å². The lowest BCUT2D eigenvalue weighted by Crippen LogP contribution is -2.19. The summed E-state index contributed by atoms with van der Waals surface area (Å²) in [5.74, 6) is -2.44. The molecule has 2 aromatic rings. The number of hydrogen-bond donors (Lipinski definition) is 2. The second-order valence-electron chi connectivity index (χ2n) is 3.67. The minimum atomic E-state index is -1.27. The summed E-state index contributed by atoms with van der Waals surface area (Å²) in [6, 6.07) is 5.06. The first kappa shape index (κ1) is 12.7. The van der Waals surface area contributed by atoms with Gasteiger partial charge in [0.2, 0.25) is 0 Å². The molecule has 0 radical (unpaired) electrons. The number of para-hydroxylation sites is 1. The lowest BCUT2D eigenvalue weighted by atomic mass is 10.1. The summed E-state index contributed by atoms with van der Waals surface area (Å²) in [5.41, 5.74) is -0.362. The molecule has 0 unspecified atom stereocenters. The number of carboxylic acids is 1. The first-order valence-corrected chi connectivity index (χ1v) is 5.34. The molecule has 6 nitrogen and oxygen atoms in total. The Kier molecular flexibility index (Phi) is 3.28. The van der Waals surface area contributed by atoms with Crippen LogP contribution in [0.15, 0.2) is 30.5 Å². The van der Waals surface area contributed by atoms with Crippen LogP contribution in [0.2, 0.25) is 0 Å². The van der Waals surface area contributed by atoms with E-state index in [-0.39, 0.29) is 16.9 Å². The number of aromatic nitrogens is 2. The van der Waals surface area contributed by atoms with Gasteiger partial charge in [0, 0.05) is 13.2 Å². The summed E-state index contributed by atoms with van der Waals surface area (Å²) < 4.78 is 14.8. The van der Waals surface area contributed by atoms with Crippen molar-refractivity contribution in [2.75, 3.05) is 7.05 Å². The second-order valence-corrected chi connectivity index (χ2v) is 3.67. The molecule has 1 aromatic heterocycles. The van der Waals surface area contributed by atoms with E-state index in [1.54, 1.807) is 0 Å². The predicted molar refractivity (Wildman–Crippen MR) is 63.9 cm³/mol. The highest BCUT2D eigenvalue weighted by Gasteiger charge is 2.18. The lowest BCUT2D eigenvalue weighted by Gasteiger charge is -2.07. The summed E-state index contributed by atoms with van der Waals surface area (Å²) in [5, 5.41) is 15.3. The summed E-state index contributed by atoms with van der Waals surface area (Å²) in [6.45, 7) is 0. The number of halogens is 1. The number of amides is 1. The Bertz CT molecular complexity index is 651. The minimum Gasteiger partial charge on any atom is -0.478 e. The van der Waals surface area contributed by atoms with Gasteiger partial charge in [0.25, 0.3) is 5.91 Å². The van der Waals surface area contributed by atoms with E-state index in [0.717, 1.165) is 10.7 Å². The monoisotopic (exact) mass is 263 g/mol. The Morgan fingerprint density at radius 3 is 2.74 bits per heavy atom. The van der Waals surface area contributed by atoms with Crippen LogP contribution in [0.4, 0.5) is 4.39 Å². The molecule has 7 heteroatoms. The zero-order chi connectivity index (χ0) is 14.0. The van der Waals surface area contributed by atoms with Gasteiger partial charge >= 0.3 is 5.97 Å². The number of nitrogens with one attached hydrogen (secondary N) is 1. The van der Waals surface area contributed by atoms with Crippen molar-refractivity contribution >= 4 is 11.9 Å². The van der Waals surface area contributed by atoms with Gasteiger partial charge in [-0.25, -0.2) is 13.9 Å². The maximum absolute atomic E-state index is 13.8. The smallest absolute Gasteiger partial charge is 0.338 e. The number of carboxylic acid groups (broad SMARTS) is 1. The molecule has 0 aliphatic rings. The van der Waals surface area contributed by atoms with E-state index in [9.17, 15) is 14.0 Å². The third-order valence-corrected chi connectivity index (χ3v) is 2.50. The molecular formula is C12H10FN3O3. The topological polar surface area (TPSA) is 84.2 Å². The van der Waals surface area contributed by atoms with Crippen LogP contribution in [0.1, 0.15) is 20.8 Å². The number of aromatic carboxylic acids is 1. The lowest BCUT2D eigenvalue weighted by molar-refractivity contribution is 0.0696. The van der Waals surface area contributed by atoms with Gasteiger partial charge in [-0.05, 0) is 18.2 Å². The average Bonchev–Trinajstić information content (AvgIpc) is 2.86. The average molecular weight is 263 g/mol. The van der Waals surface area contributed by atoms with Gasteiger partial charge in [-0.15, -0.1) is 0 Å². The number of nitrogens with zero attached hydrogens (tertiary/aromatic N) is 2. The molecule has 1 amide bonds. The second kappa shape index (κ2) is 4.89. The zero-order valence-corrected chi connectivity index (χ0v) is 9.92. The van der Waals surface area contributed by atoms with E-state index < -0.39 is 17.7 Å². The van der Waals surface area contributed by atoms with Gasteiger partial charge in [-0.3, -0.25) is 4.79 Å². The fourth-order valence-corrected chi connectivity index (χ4v) is 1.62. The normalized spacial score (nSPS) is 10.2. The molecule has 0 saturated carbocycles. The van der Waals surface area contributed by atoms with E-state index in [1.165, 1.54) is 31.4 Å². The maximum Gasteiger partial charge on any atom is 0.338 e. The summed E-state index contributed by atoms with van der Waals surface area (Å²) in [6.07, 6.45) is 1.33. The van der Waals surface area contributed by atoms with Crippen LogP contribution in [0.3, 0.4) is 0 Å². The third-order valence-electron chi connectivity index (χ3n) is 2.50. The number of hydrogen-bond acceptors (Lipinski definition) is 3. The van der Waals surface area contributed by atoms with Crippen LogP contribution >= 0.6 is 0 Å². The maximum atomic E-state index is 13.8. The van der Waals surface area contributed by atoms with Crippen molar-refractivity contribution in [2.24, 2.45) is 0 Å². The molecule has 1 heterocycles. The van der Waals surface area contributed by atoms with Gasteiger partial charge in [-0.2, -0.15) is 5.10 Å². The van der Waals surface area contributed by atoms with Crippen molar-refractivity contribution < 1.29 is 19.1 Å². The quantitative estimate of drug-likeness (QED) is 0.867. The molecular weight excluding hydrogens is 253 g/mol. The Morgan fingerprint density at radius 1 is 1.37 bits per heavy atom. The molecule has 0 spiro atoms. The predicted octanol–water partition coefficient (Wildman–Crippen LogP) is 1.07. The third kappa shape index (κ3) is 2.30. The van der Waals surface area contributed by atoms with Gasteiger partial charge in [-0.1, -0.05) is 6.07 Å². The highest BCUT2D eigenvalue weighted by Crippen LogP contribution is 2.18. The SMILES string of the molecule is CNC(=O)c1ccn(-c2c(F)cccc2C(=O)O)n1. The van der Waals surface area contributed by atoms with Crippen LogP contribution < -0.4 is 5.32 Å². The fourth-order valence-electron chi connectivity index (χ4n) is 1.62. The van der Waals surface area contributed by atoms with Crippen molar-refractivity contribution in [2.45, 2.75) is 0 Å². The van der Waals surface area contributed by atoms with Crippen molar-refractivity contribution in [1.29, 1.82) is 0 Å². The van der Waals surface area contributed by atoms with Crippen molar-refractivity contribution in [1.82, 2.24) is 15.1 Å². The molecule has 19 heavy (non-hydrogen) atoms. The largest absolute Gasteiger partial charge is 0.478 e. The Balaban J connectivity index is 2.56. The fraction of sp³-hybridized carbons (Fsp3) is 0.0833. The molecule has 0 saturated heterocycles. The number of rotatable bonds is 3. The molecule has 0 bridgehead atoms. The molecule has 1 aromatic carbocycles. The Hall–Kier alpha value is -2.70. The van der Waals surface area contributed by atoms with E-state index in [1.807, 2.05) is 0 Å². The van der Waals surface area contributed by atoms with Gasteiger partial charge in [0.15, 0.2) is 5.69 Å². The van der Waals surface area contributed by atoms with Crippen molar-refractivity contribution in [3.05, 3.63) is 47.5 Å². The molecule has 0 aliphatic carbocycles. The van der Waals surface area contributed by atoms with Crippen LogP contribution in [0, 0.1) is 5.82 Å². The first-order chi connectivity index (χ1) is 9.04. The summed E-state index contributed by atoms with van der Waals surface area (Å²) >= 11 is 0. The van der Waals surface area contributed by atoms with E-state index in [2.05, 4.69) is 10.4 Å². The molecule has 2 N–H and O–H groups in total. The zero-order valence-electron chi connectivity index (χ0n) is 9.92. The molecule has 0 aliphatic heterocycles. The standard InChI is InChI=1S/C12H10FN3O3/c1-14-11(17)9-5-6-16(15-9)10-7(12(18)19)3-2-4-8(10)13/h2-6H,1H3,(H,14,17)(H,18,19). The highest BCUT2D eigenvalue weighted by molar-refractivity contribution is 5.93. The minimum absolute atomic E-state index is 0.0714. The number of carbonyl (C=O) groups excluding carboxylic acids is 1. The van der Waals surface area contributed by atoms with E-state index in [0.29, 0.717) is 0 Å². The number of carbonyl (C=O) groups is 2. The van der Waals surface area contributed by atoms with Crippen LogP contribution in [-0.2, 0) is 0 Å². The number of benzene rings is 1. The highest BCUT2D eigenvalue weighted by atomic mass is 19.1. The van der Waals surface area contributed by atoms with Gasteiger partial charge in [0.1, 0.15) is 11.5 Å². The van der Waals surface area contributed by atoms with Crippen molar-refractivity contribution in [3.63, 3.8) is 0 Å². The van der Waals surface area contributed by atoms with Crippen LogP contribution in [0.5, 0.6) is 0 Å². The Morgan fingerprint density at radius 2 is 2.11 bits per heavy atom. The van der Waals surface area contributed by atoms with Crippen LogP contribution in [-0.4, -0.2) is 33.8 Å².